The highest BCUT2D eigenvalue weighted by atomic mass is 19.2. The third kappa shape index (κ3) is 3.63. The largest absolute Gasteiger partial charge is 0.498 e. The van der Waals surface area contributed by atoms with Crippen molar-refractivity contribution < 1.29 is 18.3 Å². The first-order chi connectivity index (χ1) is 14.9. The van der Waals surface area contributed by atoms with Gasteiger partial charge < -0.3 is 15.8 Å². The third-order valence-electron chi connectivity index (χ3n) is 5.30. The van der Waals surface area contributed by atoms with E-state index in [9.17, 15) is 13.6 Å². The summed E-state index contributed by atoms with van der Waals surface area (Å²) in [6, 6.07) is 5.21. The number of allylic oxidation sites excluding steroid dienone is 4. The van der Waals surface area contributed by atoms with Crippen molar-refractivity contribution in [3.05, 3.63) is 71.0 Å². The number of rotatable bonds is 6. The van der Waals surface area contributed by atoms with Gasteiger partial charge >= 0.3 is 0 Å². The van der Waals surface area contributed by atoms with E-state index in [0.29, 0.717) is 34.8 Å². The Morgan fingerprint density at radius 1 is 1.26 bits per heavy atom. The molecule has 0 bridgehead atoms. The number of hydrogen-bond acceptors (Lipinski definition) is 5. The van der Waals surface area contributed by atoms with Crippen LogP contribution in [0.2, 0.25) is 0 Å². The molecule has 0 saturated carbocycles. The van der Waals surface area contributed by atoms with Gasteiger partial charge in [-0.15, -0.1) is 0 Å². The van der Waals surface area contributed by atoms with Crippen LogP contribution < -0.4 is 11.1 Å². The number of methoxy groups -OCH3 is 1. The van der Waals surface area contributed by atoms with Gasteiger partial charge in [0.25, 0.3) is 0 Å². The van der Waals surface area contributed by atoms with Crippen LogP contribution in [-0.4, -0.2) is 27.4 Å². The van der Waals surface area contributed by atoms with Crippen molar-refractivity contribution in [1.82, 2.24) is 14.4 Å². The highest BCUT2D eigenvalue weighted by molar-refractivity contribution is 5.95. The number of halogens is 2. The maximum Gasteiger partial charge on any atom is 0.248 e. The van der Waals surface area contributed by atoms with E-state index >= 15 is 0 Å². The zero-order chi connectivity index (χ0) is 22.1. The number of primary amides is 1. The third-order valence-corrected chi connectivity index (χ3v) is 5.30. The van der Waals surface area contributed by atoms with Crippen LogP contribution in [0.3, 0.4) is 0 Å². The number of carbonyl (C=O) groups excluding carboxylic acids is 1. The summed E-state index contributed by atoms with van der Waals surface area (Å²) in [5, 5.41) is 3.18. The number of nitrogens with two attached hydrogens (primary N) is 1. The van der Waals surface area contributed by atoms with Gasteiger partial charge in [-0.25, -0.2) is 18.7 Å². The van der Waals surface area contributed by atoms with E-state index in [1.54, 1.807) is 28.9 Å². The second-order valence-electron chi connectivity index (χ2n) is 7.06. The van der Waals surface area contributed by atoms with Gasteiger partial charge in [-0.05, 0) is 36.6 Å². The van der Waals surface area contributed by atoms with Crippen LogP contribution in [0.1, 0.15) is 41.4 Å². The topological polar surface area (TPSA) is 94.5 Å². The van der Waals surface area contributed by atoms with Gasteiger partial charge in [0.15, 0.2) is 23.1 Å². The van der Waals surface area contributed by atoms with Gasteiger partial charge in [-0.3, -0.25) is 9.20 Å². The first kappa shape index (κ1) is 20.5. The van der Waals surface area contributed by atoms with E-state index in [0.717, 1.165) is 5.56 Å². The molecule has 3 aromatic rings. The Morgan fingerprint density at radius 3 is 2.77 bits per heavy atom. The summed E-state index contributed by atoms with van der Waals surface area (Å²) in [4.78, 5) is 20.3. The van der Waals surface area contributed by atoms with E-state index in [1.807, 2.05) is 13.0 Å². The molecule has 2 aromatic heterocycles. The summed E-state index contributed by atoms with van der Waals surface area (Å²) in [7, 11) is 1.32. The van der Waals surface area contributed by atoms with Gasteiger partial charge in [0.2, 0.25) is 5.91 Å². The average Bonchev–Trinajstić information content (AvgIpc) is 3.20. The average molecular weight is 425 g/mol. The number of nitrogens with zero attached hydrogens (tertiary/aromatic N) is 3. The molecule has 9 heteroatoms. The van der Waals surface area contributed by atoms with Crippen LogP contribution in [0.4, 0.5) is 20.3 Å². The second kappa shape index (κ2) is 8.17. The van der Waals surface area contributed by atoms with Crippen LogP contribution in [0, 0.1) is 0 Å². The Kier molecular flexibility index (Phi) is 5.41. The van der Waals surface area contributed by atoms with Crippen LogP contribution in [0.5, 0.6) is 0 Å². The number of aromatic nitrogens is 3. The van der Waals surface area contributed by atoms with Gasteiger partial charge in [0.1, 0.15) is 5.76 Å². The molecule has 2 heterocycles. The van der Waals surface area contributed by atoms with Crippen molar-refractivity contribution in [3.63, 3.8) is 0 Å². The molecule has 0 atom stereocenters. The van der Waals surface area contributed by atoms with E-state index in [1.165, 1.54) is 13.3 Å². The van der Waals surface area contributed by atoms with Crippen LogP contribution in [-0.2, 0) is 11.2 Å². The fourth-order valence-electron chi connectivity index (χ4n) is 3.72. The van der Waals surface area contributed by atoms with Crippen molar-refractivity contribution in [2.75, 3.05) is 12.4 Å². The van der Waals surface area contributed by atoms with E-state index in [2.05, 4.69) is 15.3 Å². The molecule has 0 fully saturated rings. The summed E-state index contributed by atoms with van der Waals surface area (Å²) in [6.45, 7) is 1.93. The molecule has 0 radical (unpaired) electrons. The van der Waals surface area contributed by atoms with Gasteiger partial charge in [-0.1, -0.05) is 6.92 Å². The van der Waals surface area contributed by atoms with Crippen molar-refractivity contribution in [2.45, 2.75) is 26.2 Å². The monoisotopic (exact) mass is 425 g/mol. The lowest BCUT2D eigenvalue weighted by atomic mass is 9.99. The Morgan fingerprint density at radius 2 is 2.06 bits per heavy atom. The quantitative estimate of drug-likeness (QED) is 0.609. The minimum atomic E-state index is -0.979. The van der Waals surface area contributed by atoms with Gasteiger partial charge in [0, 0.05) is 35.6 Å². The standard InChI is InChI=1S/C22H21F2N5O2/c1-3-12-10-13(4-5-14(12)20(25)30)28-21-22-27-11-16(29(22)9-8-26-21)15-6-7-17(31-2)19(24)18(15)23/h4-5,8-11H,3,6-7H2,1-2H3,(H2,25,30)(H,26,28). The van der Waals surface area contributed by atoms with Crippen LogP contribution in [0.25, 0.3) is 11.2 Å². The minimum Gasteiger partial charge on any atom is -0.498 e. The number of nitrogens with one attached hydrogen (secondary N) is 1. The molecule has 1 aliphatic carbocycles. The molecule has 0 saturated heterocycles. The molecule has 1 aromatic carbocycles. The first-order valence-electron chi connectivity index (χ1n) is 9.78. The molecule has 7 nitrogen and oxygen atoms in total. The first-order valence-corrected chi connectivity index (χ1v) is 9.78. The normalized spacial score (nSPS) is 14.3. The summed E-state index contributed by atoms with van der Waals surface area (Å²) >= 11 is 0. The Bertz CT molecular complexity index is 1250. The van der Waals surface area contributed by atoms with Gasteiger partial charge in [-0.2, -0.15) is 0 Å². The Hall–Kier alpha value is -3.75. The molecular weight excluding hydrogens is 404 g/mol. The number of aryl methyl sites for hydroxylation is 1. The molecule has 1 aliphatic rings. The molecule has 0 unspecified atom stereocenters. The number of ether oxygens (including phenoxy) is 1. The summed E-state index contributed by atoms with van der Waals surface area (Å²) in [5.74, 6) is -1.96. The summed E-state index contributed by atoms with van der Waals surface area (Å²) in [5.41, 5.74) is 8.52. The lowest BCUT2D eigenvalue weighted by Gasteiger charge is -2.17. The summed E-state index contributed by atoms with van der Waals surface area (Å²) < 4.78 is 35.5. The predicted octanol–water partition coefficient (Wildman–Crippen LogP) is 4.44. The SMILES string of the molecule is CCc1cc(Nc2nccn3c(C4=C(F)C(F)=C(OC)CC4)cnc23)ccc1C(N)=O. The van der Waals surface area contributed by atoms with Crippen molar-refractivity contribution >= 4 is 28.6 Å². The molecule has 160 valence electrons. The second-order valence-corrected chi connectivity index (χ2v) is 7.06. The zero-order valence-electron chi connectivity index (χ0n) is 17.1. The number of anilines is 2. The number of amides is 1. The number of fused-ring (bicyclic) bond motifs is 1. The number of hydrogen-bond donors (Lipinski definition) is 2. The molecule has 4 rings (SSSR count). The molecule has 0 spiro atoms. The van der Waals surface area contributed by atoms with Crippen molar-refractivity contribution in [2.24, 2.45) is 5.73 Å². The van der Waals surface area contributed by atoms with Crippen LogP contribution in [0.15, 0.2) is 54.2 Å². The molecule has 31 heavy (non-hydrogen) atoms. The van der Waals surface area contributed by atoms with E-state index in [4.69, 9.17) is 10.5 Å². The van der Waals surface area contributed by atoms with E-state index < -0.39 is 17.6 Å². The minimum absolute atomic E-state index is 0.00484. The fourth-order valence-corrected chi connectivity index (χ4v) is 3.72. The summed E-state index contributed by atoms with van der Waals surface area (Å²) in [6.07, 6.45) is 5.87. The van der Waals surface area contributed by atoms with Crippen molar-refractivity contribution in [3.8, 4) is 0 Å². The molecular formula is C22H21F2N5O2. The predicted molar refractivity (Wildman–Crippen MR) is 113 cm³/mol. The molecule has 0 aliphatic heterocycles. The smallest absolute Gasteiger partial charge is 0.248 e. The maximum atomic E-state index is 14.7. The van der Waals surface area contributed by atoms with Gasteiger partial charge in [0.05, 0.1) is 19.0 Å². The molecule has 1 amide bonds. The lowest BCUT2D eigenvalue weighted by molar-refractivity contribution is 0.0999. The van der Waals surface area contributed by atoms with E-state index in [-0.39, 0.29) is 24.2 Å². The van der Waals surface area contributed by atoms with Crippen LogP contribution >= 0.6 is 0 Å². The Labute approximate surface area is 177 Å². The fraction of sp³-hybridized carbons (Fsp3) is 0.227. The highest BCUT2D eigenvalue weighted by Gasteiger charge is 2.26. The molecule has 3 N–H and O–H groups in total. The number of benzene rings is 1. The van der Waals surface area contributed by atoms with Crippen molar-refractivity contribution in [1.29, 1.82) is 0 Å². The number of imidazole rings is 1. The number of carbonyl (C=O) groups is 1. The zero-order valence-corrected chi connectivity index (χ0v) is 17.1. The maximum absolute atomic E-state index is 14.7. The Balaban J connectivity index is 1.73. The lowest BCUT2D eigenvalue weighted by Crippen LogP contribution is -2.13. The highest BCUT2D eigenvalue weighted by Crippen LogP contribution is 2.38.